The molecule has 1 unspecified atom stereocenters. The largest absolute Gasteiger partial charge is 0.507 e. The van der Waals surface area contributed by atoms with Gasteiger partial charge in [-0.2, -0.15) is 5.10 Å². The molecule has 0 saturated carbocycles. The van der Waals surface area contributed by atoms with Crippen molar-refractivity contribution in [2.24, 2.45) is 5.10 Å². The monoisotopic (exact) mass is 379 g/mol. The predicted molar refractivity (Wildman–Crippen MR) is 114 cm³/mol. The summed E-state index contributed by atoms with van der Waals surface area (Å²) in [5.74, 6) is -0.0371. The number of nitrogens with one attached hydrogen (secondary N) is 1. The smallest absolute Gasteiger partial charge is 0.275 e. The van der Waals surface area contributed by atoms with Gasteiger partial charge in [-0.3, -0.25) is 4.79 Å². The van der Waals surface area contributed by atoms with Crippen molar-refractivity contribution in [3.05, 3.63) is 58.7 Å². The summed E-state index contributed by atoms with van der Waals surface area (Å²) in [7, 11) is 0. The molecule has 0 aliphatic carbocycles. The van der Waals surface area contributed by atoms with Crippen LogP contribution in [0.1, 0.15) is 67.1 Å². The van der Waals surface area contributed by atoms with Crippen LogP contribution >= 0.6 is 0 Å². The van der Waals surface area contributed by atoms with Crippen molar-refractivity contribution in [1.82, 2.24) is 5.43 Å². The molecule has 5 heteroatoms. The highest BCUT2D eigenvalue weighted by Gasteiger charge is 2.35. The van der Waals surface area contributed by atoms with Gasteiger partial charge in [0, 0.05) is 17.8 Å². The highest BCUT2D eigenvalue weighted by atomic mass is 16.3. The average molecular weight is 380 g/mol. The SMILES string of the molecule is CCN1c2cc(C)c(/C=N/NC(=O)c3ccccc3O)cc2C(C)CC1(C)C. The molecule has 1 atom stereocenters. The number of para-hydroxylation sites is 1. The maximum Gasteiger partial charge on any atom is 0.275 e. The fraction of sp³-hybridized carbons (Fsp3) is 0.391. The van der Waals surface area contributed by atoms with E-state index < -0.39 is 5.91 Å². The van der Waals surface area contributed by atoms with E-state index in [9.17, 15) is 9.90 Å². The van der Waals surface area contributed by atoms with E-state index in [-0.39, 0.29) is 16.9 Å². The van der Waals surface area contributed by atoms with E-state index in [1.54, 1.807) is 24.4 Å². The fourth-order valence-electron chi connectivity index (χ4n) is 4.27. The third kappa shape index (κ3) is 3.75. The number of fused-ring (bicyclic) bond motifs is 1. The van der Waals surface area contributed by atoms with Crippen LogP contribution in [-0.2, 0) is 0 Å². The summed E-state index contributed by atoms with van der Waals surface area (Å²) in [5, 5.41) is 13.9. The molecule has 2 aromatic rings. The topological polar surface area (TPSA) is 64.9 Å². The van der Waals surface area contributed by atoms with Crippen molar-refractivity contribution in [1.29, 1.82) is 0 Å². The summed E-state index contributed by atoms with van der Waals surface area (Å²) in [6, 6.07) is 10.8. The van der Waals surface area contributed by atoms with E-state index in [1.165, 1.54) is 17.3 Å². The van der Waals surface area contributed by atoms with Crippen LogP contribution in [0.25, 0.3) is 0 Å². The number of hydrogen-bond acceptors (Lipinski definition) is 4. The first-order valence-electron chi connectivity index (χ1n) is 9.78. The van der Waals surface area contributed by atoms with Gasteiger partial charge in [-0.1, -0.05) is 19.1 Å². The molecule has 1 amide bonds. The first-order chi connectivity index (χ1) is 13.2. The Morgan fingerprint density at radius 2 is 2.07 bits per heavy atom. The number of carbonyl (C=O) groups is 1. The fourth-order valence-corrected chi connectivity index (χ4v) is 4.27. The van der Waals surface area contributed by atoms with Crippen molar-refractivity contribution >= 4 is 17.8 Å². The van der Waals surface area contributed by atoms with Crippen molar-refractivity contribution in [2.75, 3.05) is 11.4 Å². The van der Waals surface area contributed by atoms with Gasteiger partial charge in [-0.25, -0.2) is 5.43 Å². The van der Waals surface area contributed by atoms with Crippen LogP contribution in [0, 0.1) is 6.92 Å². The van der Waals surface area contributed by atoms with E-state index in [1.807, 2.05) is 0 Å². The summed E-state index contributed by atoms with van der Waals surface area (Å²) >= 11 is 0. The van der Waals surface area contributed by atoms with Gasteiger partial charge in [0.2, 0.25) is 0 Å². The predicted octanol–water partition coefficient (Wildman–Crippen LogP) is 4.58. The minimum atomic E-state index is -0.433. The zero-order valence-corrected chi connectivity index (χ0v) is 17.3. The molecule has 1 aliphatic heterocycles. The summed E-state index contributed by atoms with van der Waals surface area (Å²) < 4.78 is 0. The molecule has 0 saturated heterocycles. The molecule has 0 fully saturated rings. The Bertz CT molecular complexity index is 918. The van der Waals surface area contributed by atoms with Crippen LogP contribution in [0.4, 0.5) is 5.69 Å². The van der Waals surface area contributed by atoms with Crippen molar-refractivity contribution in [3.63, 3.8) is 0 Å². The second-order valence-corrected chi connectivity index (χ2v) is 8.15. The van der Waals surface area contributed by atoms with Gasteiger partial charge in [-0.15, -0.1) is 0 Å². The Hall–Kier alpha value is -2.82. The van der Waals surface area contributed by atoms with Crippen molar-refractivity contribution < 1.29 is 9.90 Å². The first kappa shape index (κ1) is 19.9. The molecule has 2 aromatic carbocycles. The van der Waals surface area contributed by atoms with Gasteiger partial charge in [0.25, 0.3) is 5.91 Å². The van der Waals surface area contributed by atoms with Crippen LogP contribution < -0.4 is 10.3 Å². The number of hydrazone groups is 1. The normalized spacial score (nSPS) is 18.2. The molecule has 5 nitrogen and oxygen atoms in total. The summed E-state index contributed by atoms with van der Waals surface area (Å²) in [4.78, 5) is 14.7. The van der Waals surface area contributed by atoms with Crippen molar-refractivity contribution in [3.8, 4) is 5.75 Å². The number of phenols is 1. The van der Waals surface area contributed by atoms with Crippen LogP contribution in [0.15, 0.2) is 41.5 Å². The number of aromatic hydroxyl groups is 1. The molecular weight excluding hydrogens is 350 g/mol. The number of benzene rings is 2. The molecule has 0 spiro atoms. The summed E-state index contributed by atoms with van der Waals surface area (Å²) in [6.45, 7) is 12.1. The highest BCUT2D eigenvalue weighted by molar-refractivity contribution is 5.97. The number of anilines is 1. The van der Waals surface area contributed by atoms with E-state index in [4.69, 9.17) is 0 Å². The average Bonchev–Trinajstić information content (AvgIpc) is 2.62. The lowest BCUT2D eigenvalue weighted by Crippen LogP contribution is -2.48. The molecule has 0 radical (unpaired) electrons. The van der Waals surface area contributed by atoms with Crippen molar-refractivity contribution in [2.45, 2.75) is 52.5 Å². The van der Waals surface area contributed by atoms with Gasteiger partial charge in [0.15, 0.2) is 0 Å². The molecular formula is C23H29N3O2. The lowest BCUT2D eigenvalue weighted by molar-refractivity contribution is 0.0952. The number of carbonyl (C=O) groups excluding carboxylic acids is 1. The Morgan fingerprint density at radius 1 is 1.36 bits per heavy atom. The lowest BCUT2D eigenvalue weighted by Gasteiger charge is -2.47. The number of nitrogens with zero attached hydrogens (tertiary/aromatic N) is 2. The Kier molecular flexibility index (Phi) is 5.45. The number of phenolic OH excluding ortho intramolecular Hbond substituents is 1. The molecule has 0 aromatic heterocycles. The molecule has 0 bridgehead atoms. The van der Waals surface area contributed by atoms with Gasteiger partial charge >= 0.3 is 0 Å². The maximum absolute atomic E-state index is 12.2. The number of hydrogen-bond donors (Lipinski definition) is 2. The first-order valence-corrected chi connectivity index (χ1v) is 9.78. The Morgan fingerprint density at radius 3 is 2.75 bits per heavy atom. The third-order valence-electron chi connectivity index (χ3n) is 5.61. The van der Waals surface area contributed by atoms with Gasteiger partial charge in [0.05, 0.1) is 11.8 Å². The van der Waals surface area contributed by atoms with Crippen LogP contribution in [0.2, 0.25) is 0 Å². The summed E-state index contributed by atoms with van der Waals surface area (Å²) in [5.41, 5.74) is 7.55. The molecule has 2 N–H and O–H groups in total. The zero-order chi connectivity index (χ0) is 20.5. The molecule has 148 valence electrons. The molecule has 1 aliphatic rings. The molecule has 3 rings (SSSR count). The minimum Gasteiger partial charge on any atom is -0.507 e. The van der Waals surface area contributed by atoms with E-state index >= 15 is 0 Å². The van der Waals surface area contributed by atoms with E-state index in [2.05, 4.69) is 62.2 Å². The van der Waals surface area contributed by atoms with E-state index in [0.29, 0.717) is 5.92 Å². The number of amides is 1. The van der Waals surface area contributed by atoms with Crippen LogP contribution in [0.5, 0.6) is 5.75 Å². The van der Waals surface area contributed by atoms with E-state index in [0.717, 1.165) is 24.1 Å². The lowest BCUT2D eigenvalue weighted by atomic mass is 9.79. The second-order valence-electron chi connectivity index (χ2n) is 8.15. The highest BCUT2D eigenvalue weighted by Crippen LogP contribution is 2.43. The van der Waals surface area contributed by atoms with Gasteiger partial charge in [-0.05, 0) is 81.0 Å². The number of rotatable bonds is 4. The maximum atomic E-state index is 12.2. The molecule has 1 heterocycles. The van der Waals surface area contributed by atoms with Gasteiger partial charge < -0.3 is 10.0 Å². The zero-order valence-electron chi connectivity index (χ0n) is 17.3. The Balaban J connectivity index is 1.84. The Labute approximate surface area is 167 Å². The quantitative estimate of drug-likeness (QED) is 0.604. The standard InChI is InChI=1S/C23H29N3O2/c1-6-26-20-11-15(2)17(12-19(20)16(3)13-23(26,4)5)14-24-25-22(28)18-9-7-8-10-21(18)27/h7-12,14,16,27H,6,13H2,1-5H3,(H,25,28)/b24-14+. The van der Waals surface area contributed by atoms with Crippen LogP contribution in [-0.4, -0.2) is 29.3 Å². The van der Waals surface area contributed by atoms with Gasteiger partial charge in [0.1, 0.15) is 5.75 Å². The number of aryl methyl sites for hydroxylation is 1. The third-order valence-corrected chi connectivity index (χ3v) is 5.61. The van der Waals surface area contributed by atoms with Crippen LogP contribution in [0.3, 0.4) is 0 Å². The molecule has 28 heavy (non-hydrogen) atoms. The second kappa shape index (κ2) is 7.66. The minimum absolute atomic E-state index is 0.0590. The summed E-state index contributed by atoms with van der Waals surface area (Å²) in [6.07, 6.45) is 2.77.